The van der Waals surface area contributed by atoms with E-state index in [-0.39, 0.29) is 0 Å². The van der Waals surface area contributed by atoms with Crippen LogP contribution in [0.3, 0.4) is 0 Å². The third kappa shape index (κ3) is 7.38. The Bertz CT molecular complexity index is 3220. The fourth-order valence-electron chi connectivity index (χ4n) is 9.22. The van der Waals surface area contributed by atoms with Gasteiger partial charge in [-0.25, -0.2) is 0 Å². The fraction of sp³-hybridized carbons (Fsp3) is 0. The van der Waals surface area contributed by atoms with E-state index in [1.165, 1.54) is 66.1 Å². The highest BCUT2D eigenvalue weighted by atomic mass is 15.2. The Balaban J connectivity index is 1.00. The lowest BCUT2D eigenvalue weighted by atomic mass is 9.86. The number of hydrogen-bond donors (Lipinski definition) is 0. The van der Waals surface area contributed by atoms with Crippen LogP contribution in [0.25, 0.3) is 66.1 Å². The van der Waals surface area contributed by atoms with E-state index in [1.54, 1.807) is 0 Å². The molecule has 64 heavy (non-hydrogen) atoms. The molecule has 0 aliphatic heterocycles. The molecule has 302 valence electrons. The lowest BCUT2D eigenvalue weighted by Gasteiger charge is -2.28. The zero-order chi connectivity index (χ0) is 42.7. The van der Waals surface area contributed by atoms with E-state index in [2.05, 4.69) is 277 Å². The van der Waals surface area contributed by atoms with Crippen molar-refractivity contribution in [3.63, 3.8) is 0 Å². The summed E-state index contributed by atoms with van der Waals surface area (Å²) in [4.78, 5) is 4.67. The van der Waals surface area contributed by atoms with E-state index < -0.39 is 0 Å². The molecular weight excluding hydrogens is 773 g/mol. The van der Waals surface area contributed by atoms with E-state index in [4.69, 9.17) is 0 Å². The van der Waals surface area contributed by atoms with Crippen molar-refractivity contribution in [1.82, 2.24) is 0 Å². The van der Waals surface area contributed by atoms with Crippen LogP contribution in [0, 0.1) is 0 Å². The molecule has 0 amide bonds. The highest BCUT2D eigenvalue weighted by molar-refractivity contribution is 6.21. The van der Waals surface area contributed by atoms with Crippen molar-refractivity contribution in [2.75, 3.05) is 9.80 Å². The van der Waals surface area contributed by atoms with Crippen molar-refractivity contribution in [2.24, 2.45) is 0 Å². The van der Waals surface area contributed by atoms with Crippen LogP contribution in [0.15, 0.2) is 267 Å². The molecule has 11 aromatic carbocycles. The number of hydrogen-bond acceptors (Lipinski definition) is 2. The van der Waals surface area contributed by atoms with E-state index in [0.29, 0.717) is 0 Å². The van der Waals surface area contributed by atoms with Gasteiger partial charge in [-0.1, -0.05) is 194 Å². The molecule has 11 rings (SSSR count). The summed E-state index contributed by atoms with van der Waals surface area (Å²) in [5, 5.41) is 4.99. The molecule has 0 atom stereocenters. The van der Waals surface area contributed by atoms with Crippen molar-refractivity contribution < 1.29 is 0 Å². The van der Waals surface area contributed by atoms with E-state index in [1.807, 2.05) is 0 Å². The van der Waals surface area contributed by atoms with E-state index in [9.17, 15) is 0 Å². The van der Waals surface area contributed by atoms with Crippen LogP contribution in [0.5, 0.6) is 0 Å². The minimum absolute atomic E-state index is 1.07. The zero-order valence-electron chi connectivity index (χ0n) is 35.3. The zero-order valence-corrected chi connectivity index (χ0v) is 35.3. The molecule has 0 aliphatic rings. The third-order valence-corrected chi connectivity index (χ3v) is 12.3. The van der Waals surface area contributed by atoms with Crippen molar-refractivity contribution in [1.29, 1.82) is 0 Å². The summed E-state index contributed by atoms with van der Waals surface area (Å²) in [7, 11) is 0. The Labute approximate surface area is 375 Å². The monoisotopic (exact) mass is 816 g/mol. The van der Waals surface area contributed by atoms with Gasteiger partial charge in [-0.3, -0.25) is 0 Å². The molecule has 0 aliphatic carbocycles. The Morgan fingerprint density at radius 2 is 0.359 bits per heavy atom. The van der Waals surface area contributed by atoms with Crippen molar-refractivity contribution in [3.05, 3.63) is 267 Å². The molecule has 0 saturated carbocycles. The van der Waals surface area contributed by atoms with Gasteiger partial charge in [0.2, 0.25) is 0 Å². The fourth-order valence-corrected chi connectivity index (χ4v) is 9.22. The maximum Gasteiger partial charge on any atom is 0.0463 e. The quantitative estimate of drug-likeness (QED) is 0.127. The SMILES string of the molecule is c1ccc(-c2ccc(-c3ccc(N(c4ccc(-c5c6ccccc6c(-c6ccccc6)c6ccccc56)cc4)c4ccc(N(c5ccccc5)c5ccccc5)cc4)cc3)cc2)cc1. The second kappa shape index (κ2) is 17.1. The molecule has 11 aromatic rings. The van der Waals surface area contributed by atoms with Crippen LogP contribution >= 0.6 is 0 Å². The summed E-state index contributed by atoms with van der Waals surface area (Å²) in [6.45, 7) is 0. The van der Waals surface area contributed by atoms with Crippen molar-refractivity contribution in [3.8, 4) is 44.5 Å². The smallest absolute Gasteiger partial charge is 0.0463 e. The van der Waals surface area contributed by atoms with E-state index >= 15 is 0 Å². The molecule has 0 saturated heterocycles. The van der Waals surface area contributed by atoms with Gasteiger partial charge >= 0.3 is 0 Å². The third-order valence-electron chi connectivity index (χ3n) is 12.3. The topological polar surface area (TPSA) is 6.48 Å². The summed E-state index contributed by atoms with van der Waals surface area (Å²) in [6, 6.07) is 96.1. The molecule has 0 unspecified atom stereocenters. The number of nitrogens with zero attached hydrogens (tertiary/aromatic N) is 2. The van der Waals surface area contributed by atoms with Crippen molar-refractivity contribution >= 4 is 55.7 Å². The first-order valence-corrected chi connectivity index (χ1v) is 21.9. The number of fused-ring (bicyclic) bond motifs is 2. The van der Waals surface area contributed by atoms with Crippen molar-refractivity contribution in [2.45, 2.75) is 0 Å². The van der Waals surface area contributed by atoms with Crippen LogP contribution in [0.1, 0.15) is 0 Å². The van der Waals surface area contributed by atoms with Crippen LogP contribution < -0.4 is 9.80 Å². The van der Waals surface area contributed by atoms with Gasteiger partial charge in [0, 0.05) is 34.1 Å². The Hall–Kier alpha value is -8.46. The predicted molar refractivity (Wildman–Crippen MR) is 273 cm³/mol. The molecule has 2 heteroatoms. The lowest BCUT2D eigenvalue weighted by Crippen LogP contribution is -2.12. The molecule has 0 N–H and O–H groups in total. The normalized spacial score (nSPS) is 11.1. The molecule has 0 radical (unpaired) electrons. The summed E-state index contributed by atoms with van der Waals surface area (Å²) in [5.41, 5.74) is 16.3. The van der Waals surface area contributed by atoms with Crippen LogP contribution in [-0.2, 0) is 0 Å². The van der Waals surface area contributed by atoms with Crippen LogP contribution in [-0.4, -0.2) is 0 Å². The number of anilines is 6. The van der Waals surface area contributed by atoms with Gasteiger partial charge in [0.1, 0.15) is 0 Å². The lowest BCUT2D eigenvalue weighted by molar-refractivity contribution is 1.26. The summed E-state index contributed by atoms with van der Waals surface area (Å²) in [6.07, 6.45) is 0. The van der Waals surface area contributed by atoms with Crippen LogP contribution in [0.4, 0.5) is 34.1 Å². The van der Waals surface area contributed by atoms with Gasteiger partial charge < -0.3 is 9.80 Å². The first-order chi connectivity index (χ1) is 31.8. The molecule has 2 nitrogen and oxygen atoms in total. The minimum Gasteiger partial charge on any atom is -0.311 e. The van der Waals surface area contributed by atoms with Gasteiger partial charge in [-0.05, 0) is 139 Å². The minimum atomic E-state index is 1.07. The standard InChI is InChI=1S/C62H44N2/c1-5-17-45(18-6-1)46-29-31-47(32-30-46)48-33-37-53(38-34-48)64(56-43-41-55(42-44-56)63(51-21-9-3-10-22-51)52-23-11-4-12-24-52)54-39-35-50(36-40-54)62-59-27-15-13-25-57(59)61(49-19-7-2-8-20-49)58-26-14-16-28-60(58)62/h1-44H. The highest BCUT2D eigenvalue weighted by Gasteiger charge is 2.19. The average molecular weight is 817 g/mol. The second-order valence-electron chi connectivity index (χ2n) is 16.1. The van der Waals surface area contributed by atoms with Gasteiger partial charge in [0.05, 0.1) is 0 Å². The van der Waals surface area contributed by atoms with Gasteiger partial charge in [-0.15, -0.1) is 0 Å². The van der Waals surface area contributed by atoms with E-state index in [0.717, 1.165) is 34.1 Å². The maximum absolute atomic E-state index is 2.36. The highest BCUT2D eigenvalue weighted by Crippen LogP contribution is 2.45. The summed E-state index contributed by atoms with van der Waals surface area (Å²) in [5.74, 6) is 0. The number of rotatable bonds is 10. The number of para-hydroxylation sites is 2. The first-order valence-electron chi connectivity index (χ1n) is 21.9. The summed E-state index contributed by atoms with van der Waals surface area (Å²) < 4.78 is 0. The molecular formula is C62H44N2. The first kappa shape index (κ1) is 38.5. The van der Waals surface area contributed by atoms with Crippen LogP contribution in [0.2, 0.25) is 0 Å². The van der Waals surface area contributed by atoms with Gasteiger partial charge in [0.25, 0.3) is 0 Å². The molecule has 0 spiro atoms. The number of benzene rings is 11. The molecule has 0 fully saturated rings. The summed E-state index contributed by atoms with van der Waals surface area (Å²) >= 11 is 0. The molecule has 0 aromatic heterocycles. The van der Waals surface area contributed by atoms with Gasteiger partial charge in [0.15, 0.2) is 0 Å². The second-order valence-corrected chi connectivity index (χ2v) is 16.1. The molecule has 0 heterocycles. The Morgan fingerprint density at radius 3 is 0.703 bits per heavy atom. The average Bonchev–Trinajstić information content (AvgIpc) is 3.38. The predicted octanol–water partition coefficient (Wildman–Crippen LogP) is 17.6. The Morgan fingerprint density at radius 1 is 0.156 bits per heavy atom. The molecule has 0 bridgehead atoms. The van der Waals surface area contributed by atoms with Gasteiger partial charge in [-0.2, -0.15) is 0 Å². The maximum atomic E-state index is 2.36. The Kier molecular flexibility index (Phi) is 10.3. The largest absolute Gasteiger partial charge is 0.311 e.